The normalized spacial score (nSPS) is 9.23. The topological polar surface area (TPSA) is 65.0 Å². The van der Waals surface area contributed by atoms with Crippen molar-refractivity contribution < 1.29 is 19.1 Å². The average molecular weight is 201 g/mol. The first-order chi connectivity index (χ1) is 4.00. The largest absolute Gasteiger partial charge is 1.00 e. The van der Waals surface area contributed by atoms with Crippen LogP contribution >= 0.6 is 0 Å². The maximum absolute atomic E-state index is 2.12. The zero-order valence-corrected chi connectivity index (χ0v) is 10.4. The van der Waals surface area contributed by atoms with Crippen LogP contribution in [0.15, 0.2) is 0 Å². The molecule has 0 saturated carbocycles. The van der Waals surface area contributed by atoms with Crippen LogP contribution in [0.1, 0.15) is 0 Å². The van der Waals surface area contributed by atoms with Gasteiger partial charge in [0.15, 0.2) is 0 Å². The van der Waals surface area contributed by atoms with E-state index >= 15 is 0 Å². The zero-order chi connectivity index (χ0) is 9.00. The quantitative estimate of drug-likeness (QED) is 0.445. The summed E-state index contributed by atoms with van der Waals surface area (Å²) in [6, 6.07) is 0. The molecule has 0 fully saturated rings. The van der Waals surface area contributed by atoms with Gasteiger partial charge in [0.1, 0.15) is 0 Å². The van der Waals surface area contributed by atoms with Gasteiger partial charge in [-0.25, -0.2) is 0 Å². The lowest BCUT2D eigenvalue weighted by Gasteiger charge is -2.14. The van der Waals surface area contributed by atoms with Crippen molar-refractivity contribution in [1.29, 1.82) is 0 Å². The van der Waals surface area contributed by atoms with E-state index in [0.29, 0.717) is 0 Å². The molecule has 13 heavy (non-hydrogen) atoms. The Hall–Kier alpha value is -0.230. The lowest BCUT2D eigenvalue weighted by Crippen LogP contribution is -3.00. The third-order valence-corrected chi connectivity index (χ3v) is 0. The molecule has 0 saturated heterocycles. The number of hydrogen-bond acceptors (Lipinski definition) is 2. The molecule has 0 aliphatic carbocycles. The fourth-order valence-electron chi connectivity index (χ4n) is 0. The molecular formula is C8H28FN3O. The van der Waals surface area contributed by atoms with E-state index in [1.165, 1.54) is 0 Å². The number of hydrogen-bond donors (Lipinski definition) is 1. The Morgan fingerprint density at radius 3 is 0.538 bits per heavy atom. The molecular weight excluding hydrogens is 173 g/mol. The van der Waals surface area contributed by atoms with E-state index in [9.17, 15) is 0 Å². The average Bonchev–Trinajstić information content (AvgIpc) is 1.12. The van der Waals surface area contributed by atoms with Crippen LogP contribution in [-0.4, -0.2) is 70.8 Å². The van der Waals surface area contributed by atoms with Crippen LogP contribution < -0.4 is 10.9 Å². The Kier molecular flexibility index (Phi) is 22.2. The first-order valence-corrected chi connectivity index (χ1v) is 3.58. The highest BCUT2D eigenvalue weighted by molar-refractivity contribution is 3.87. The first-order valence-electron chi connectivity index (χ1n) is 3.58. The van der Waals surface area contributed by atoms with Crippen LogP contribution in [0.4, 0.5) is 0 Å². The molecule has 0 aromatic rings. The van der Waals surface area contributed by atoms with E-state index in [1.54, 1.807) is 0 Å². The van der Waals surface area contributed by atoms with Crippen molar-refractivity contribution in [2.24, 2.45) is 0 Å². The minimum atomic E-state index is 0. The summed E-state index contributed by atoms with van der Waals surface area (Å²) in [6.07, 6.45) is 0. The van der Waals surface area contributed by atoms with Crippen molar-refractivity contribution in [1.82, 2.24) is 6.15 Å². The van der Waals surface area contributed by atoms with Crippen LogP contribution in [0.5, 0.6) is 0 Å². The molecule has 0 rings (SSSR count). The number of rotatable bonds is 0. The minimum absolute atomic E-state index is 0. The minimum Gasteiger partial charge on any atom is -1.00 e. The zero-order valence-electron chi connectivity index (χ0n) is 10.4. The maximum atomic E-state index is 2.12. The smallest absolute Gasteiger partial charge is 0.0675 e. The summed E-state index contributed by atoms with van der Waals surface area (Å²) in [5.74, 6) is 0. The summed E-state index contributed by atoms with van der Waals surface area (Å²) in [7, 11) is 17.0. The number of halogens is 1. The Balaban J connectivity index is -0.0000000267. The maximum Gasteiger partial charge on any atom is 0.0675 e. The Morgan fingerprint density at radius 1 is 0.538 bits per heavy atom. The van der Waals surface area contributed by atoms with Crippen LogP contribution in [0.2, 0.25) is 0 Å². The Morgan fingerprint density at radius 2 is 0.538 bits per heavy atom. The van der Waals surface area contributed by atoms with Crippen LogP contribution in [0.3, 0.4) is 0 Å². The lowest BCUT2D eigenvalue weighted by molar-refractivity contribution is -0.849. The van der Waals surface area contributed by atoms with E-state index in [-0.39, 0.29) is 16.3 Å². The molecule has 5 heteroatoms. The van der Waals surface area contributed by atoms with E-state index < -0.39 is 0 Å². The summed E-state index contributed by atoms with van der Waals surface area (Å²) < 4.78 is 2.00. The lowest BCUT2D eigenvalue weighted by atomic mass is 10.8. The van der Waals surface area contributed by atoms with Crippen molar-refractivity contribution >= 4 is 0 Å². The highest BCUT2D eigenvalue weighted by Crippen LogP contribution is 1.74. The molecule has 0 spiro atoms. The van der Waals surface area contributed by atoms with Gasteiger partial charge in [0, 0.05) is 0 Å². The SMILES string of the molecule is C[N+](C)(C)C.C[N+](C)(C)C.N.[F-].[OH-]. The molecule has 0 aliphatic rings. The van der Waals surface area contributed by atoms with Gasteiger partial charge in [-0.1, -0.05) is 0 Å². The molecule has 4 N–H and O–H groups in total. The van der Waals surface area contributed by atoms with Crippen molar-refractivity contribution in [2.75, 3.05) is 56.4 Å². The molecule has 0 unspecified atom stereocenters. The third-order valence-electron chi connectivity index (χ3n) is 0. The fraction of sp³-hybridized carbons (Fsp3) is 1.00. The third kappa shape index (κ3) is 21200. The van der Waals surface area contributed by atoms with Crippen LogP contribution in [-0.2, 0) is 0 Å². The van der Waals surface area contributed by atoms with Gasteiger partial charge in [-0.15, -0.1) is 0 Å². The predicted octanol–water partition coefficient (Wildman–Crippen LogP) is -2.37. The molecule has 0 aromatic carbocycles. The molecule has 0 aliphatic heterocycles. The molecule has 0 aromatic heterocycles. The molecule has 0 radical (unpaired) electrons. The van der Waals surface area contributed by atoms with Gasteiger partial charge in [0.25, 0.3) is 0 Å². The highest BCUT2D eigenvalue weighted by atomic mass is 19.0. The van der Waals surface area contributed by atoms with Crippen molar-refractivity contribution in [3.05, 3.63) is 0 Å². The van der Waals surface area contributed by atoms with E-state index in [4.69, 9.17) is 0 Å². The Bertz CT molecular complexity index is 62.4. The van der Waals surface area contributed by atoms with Gasteiger partial charge in [-0.05, 0) is 0 Å². The van der Waals surface area contributed by atoms with E-state index in [2.05, 4.69) is 56.4 Å². The summed E-state index contributed by atoms with van der Waals surface area (Å²) in [4.78, 5) is 0. The summed E-state index contributed by atoms with van der Waals surface area (Å²) in [6.45, 7) is 0. The second-order valence-electron chi connectivity index (χ2n) is 5.37. The van der Waals surface area contributed by atoms with Crippen molar-refractivity contribution in [3.63, 3.8) is 0 Å². The molecule has 88 valence electrons. The van der Waals surface area contributed by atoms with Gasteiger partial charge >= 0.3 is 0 Å². The monoisotopic (exact) mass is 201 g/mol. The first kappa shape index (κ1) is 29.3. The van der Waals surface area contributed by atoms with Gasteiger partial charge in [-0.3, -0.25) is 0 Å². The molecule has 4 nitrogen and oxygen atoms in total. The molecule has 0 bridgehead atoms. The number of quaternary nitrogens is 2. The highest BCUT2D eigenvalue weighted by Gasteiger charge is 1.88. The molecule has 0 heterocycles. The van der Waals surface area contributed by atoms with E-state index in [1.807, 2.05) is 0 Å². The standard InChI is InChI=1S/2C4H12N.FH.H3N.H2O/c2*1-5(2,3)4;;;/h2*1-4H3;1H;1H3;1H2/q2*+1;;;/p-2. The van der Waals surface area contributed by atoms with Crippen LogP contribution in [0.25, 0.3) is 0 Å². The summed E-state index contributed by atoms with van der Waals surface area (Å²) in [5, 5.41) is 0. The molecule has 0 amide bonds. The summed E-state index contributed by atoms with van der Waals surface area (Å²) >= 11 is 0. The van der Waals surface area contributed by atoms with Gasteiger partial charge in [0.2, 0.25) is 0 Å². The summed E-state index contributed by atoms with van der Waals surface area (Å²) in [5.41, 5.74) is 0. The van der Waals surface area contributed by atoms with Crippen molar-refractivity contribution in [3.8, 4) is 0 Å². The van der Waals surface area contributed by atoms with Crippen molar-refractivity contribution in [2.45, 2.75) is 0 Å². The second-order valence-corrected chi connectivity index (χ2v) is 5.37. The molecule has 0 atom stereocenters. The van der Waals surface area contributed by atoms with Gasteiger partial charge in [-0.2, -0.15) is 0 Å². The van der Waals surface area contributed by atoms with Gasteiger partial charge in [0.05, 0.1) is 56.4 Å². The predicted molar refractivity (Wildman–Crippen MR) is 54.9 cm³/mol. The van der Waals surface area contributed by atoms with E-state index in [0.717, 1.165) is 8.97 Å². The second kappa shape index (κ2) is 9.85. The Labute approximate surface area is 82.6 Å². The fourth-order valence-corrected chi connectivity index (χ4v) is 0. The van der Waals surface area contributed by atoms with Crippen LogP contribution in [0, 0.1) is 0 Å². The van der Waals surface area contributed by atoms with Gasteiger partial charge < -0.3 is 25.3 Å². The number of nitrogens with zero attached hydrogens (tertiary/aromatic N) is 2.